The molecule has 0 heterocycles. The Hall–Kier alpha value is -0.900. The maximum atomic E-state index is 5.11. The molecule has 1 N–H and O–H groups in total. The second-order valence-electron chi connectivity index (χ2n) is 5.02. The molecule has 3 nitrogen and oxygen atoms in total. The van der Waals surface area contributed by atoms with Crippen molar-refractivity contribution in [2.45, 2.75) is 40.0 Å². The molecule has 0 aliphatic rings. The van der Waals surface area contributed by atoms with Crippen molar-refractivity contribution in [3.8, 4) is 0 Å². The Kier molecular flexibility index (Phi) is 7.72. The van der Waals surface area contributed by atoms with Crippen LogP contribution in [0.4, 0.5) is 0 Å². The molecular weight excluding hydrogens is 236 g/mol. The van der Waals surface area contributed by atoms with Crippen LogP contribution in [0.5, 0.6) is 0 Å². The van der Waals surface area contributed by atoms with E-state index in [1.165, 1.54) is 11.1 Å². The lowest BCUT2D eigenvalue weighted by Crippen LogP contribution is -2.38. The second kappa shape index (κ2) is 9.08. The largest absolute Gasteiger partial charge is 0.380 e. The molecule has 0 aromatic heterocycles. The summed E-state index contributed by atoms with van der Waals surface area (Å²) in [6, 6.07) is 9.13. The van der Waals surface area contributed by atoms with E-state index in [9.17, 15) is 0 Å². The summed E-state index contributed by atoms with van der Waals surface area (Å²) in [4.78, 5) is 2.44. The molecule has 3 heteroatoms. The summed E-state index contributed by atoms with van der Waals surface area (Å²) in [6.45, 7) is 11.6. The molecule has 0 radical (unpaired) electrons. The van der Waals surface area contributed by atoms with Gasteiger partial charge in [-0.1, -0.05) is 38.1 Å². The zero-order valence-electron chi connectivity index (χ0n) is 12.8. The van der Waals surface area contributed by atoms with Crippen molar-refractivity contribution < 1.29 is 4.74 Å². The summed E-state index contributed by atoms with van der Waals surface area (Å²) in [5, 5.41) is 3.58. The number of ether oxygens (including phenoxy) is 1. The molecule has 108 valence electrons. The maximum Gasteiger partial charge on any atom is 0.0713 e. The first kappa shape index (κ1) is 16.2. The number of benzene rings is 1. The van der Waals surface area contributed by atoms with Crippen LogP contribution in [0.15, 0.2) is 24.3 Å². The van der Waals surface area contributed by atoms with Gasteiger partial charge in [-0.2, -0.15) is 0 Å². The minimum Gasteiger partial charge on any atom is -0.380 e. The van der Waals surface area contributed by atoms with Crippen LogP contribution in [0, 0.1) is 0 Å². The van der Waals surface area contributed by atoms with Crippen LogP contribution in [0.2, 0.25) is 0 Å². The Morgan fingerprint density at radius 1 is 1.11 bits per heavy atom. The standard InChI is InChI=1S/C16H28N2O/c1-5-18(6-2)12-14(3)17-11-15-7-9-16(10-8-15)13-19-4/h7-10,14,17H,5-6,11-13H2,1-4H3. The van der Waals surface area contributed by atoms with Gasteiger partial charge in [0.15, 0.2) is 0 Å². The highest BCUT2D eigenvalue weighted by atomic mass is 16.5. The van der Waals surface area contributed by atoms with Crippen LogP contribution >= 0.6 is 0 Å². The number of rotatable bonds is 9. The van der Waals surface area contributed by atoms with E-state index in [4.69, 9.17) is 4.74 Å². The van der Waals surface area contributed by atoms with Crippen molar-refractivity contribution in [3.63, 3.8) is 0 Å². The predicted octanol–water partition coefficient (Wildman–Crippen LogP) is 2.65. The van der Waals surface area contributed by atoms with Crippen molar-refractivity contribution in [2.75, 3.05) is 26.7 Å². The van der Waals surface area contributed by atoms with Gasteiger partial charge in [0.1, 0.15) is 0 Å². The third kappa shape index (κ3) is 6.19. The first-order valence-electron chi connectivity index (χ1n) is 7.22. The number of nitrogens with one attached hydrogen (secondary N) is 1. The van der Waals surface area contributed by atoms with Crippen LogP contribution in [-0.2, 0) is 17.9 Å². The smallest absolute Gasteiger partial charge is 0.0713 e. The number of nitrogens with zero attached hydrogens (tertiary/aromatic N) is 1. The summed E-state index contributed by atoms with van der Waals surface area (Å²) < 4.78 is 5.11. The average Bonchev–Trinajstić information content (AvgIpc) is 2.44. The lowest BCUT2D eigenvalue weighted by molar-refractivity contribution is 0.185. The molecule has 0 aliphatic carbocycles. The monoisotopic (exact) mass is 264 g/mol. The van der Waals surface area contributed by atoms with Crippen LogP contribution in [0.3, 0.4) is 0 Å². The van der Waals surface area contributed by atoms with Crippen LogP contribution in [0.25, 0.3) is 0 Å². The number of hydrogen-bond donors (Lipinski definition) is 1. The topological polar surface area (TPSA) is 24.5 Å². The van der Waals surface area contributed by atoms with E-state index in [1.807, 2.05) is 0 Å². The molecule has 1 aromatic carbocycles. The lowest BCUT2D eigenvalue weighted by atomic mass is 10.1. The first-order chi connectivity index (χ1) is 9.19. The highest BCUT2D eigenvalue weighted by Gasteiger charge is 2.06. The highest BCUT2D eigenvalue weighted by Crippen LogP contribution is 2.05. The van der Waals surface area contributed by atoms with Gasteiger partial charge in [-0.3, -0.25) is 0 Å². The summed E-state index contributed by atoms with van der Waals surface area (Å²) in [6.07, 6.45) is 0. The van der Waals surface area contributed by atoms with Gasteiger partial charge in [-0.25, -0.2) is 0 Å². The molecule has 1 aromatic rings. The number of methoxy groups -OCH3 is 1. The summed E-state index contributed by atoms with van der Waals surface area (Å²) in [7, 11) is 1.73. The normalized spacial score (nSPS) is 12.9. The van der Waals surface area contributed by atoms with Gasteiger partial charge in [0.05, 0.1) is 6.61 Å². The molecule has 0 fully saturated rings. The number of hydrogen-bond acceptors (Lipinski definition) is 3. The van der Waals surface area contributed by atoms with E-state index in [-0.39, 0.29) is 0 Å². The molecule has 1 atom stereocenters. The Bertz CT molecular complexity index is 333. The van der Waals surface area contributed by atoms with E-state index in [0.29, 0.717) is 12.6 Å². The third-order valence-electron chi connectivity index (χ3n) is 3.42. The van der Waals surface area contributed by atoms with Gasteiger partial charge in [-0.05, 0) is 31.1 Å². The zero-order chi connectivity index (χ0) is 14.1. The first-order valence-corrected chi connectivity index (χ1v) is 7.22. The summed E-state index contributed by atoms with van der Waals surface area (Å²) in [5.41, 5.74) is 2.55. The fourth-order valence-corrected chi connectivity index (χ4v) is 2.15. The van der Waals surface area contributed by atoms with Gasteiger partial charge in [0.2, 0.25) is 0 Å². The molecule has 0 saturated carbocycles. The molecule has 19 heavy (non-hydrogen) atoms. The fraction of sp³-hybridized carbons (Fsp3) is 0.625. The van der Waals surface area contributed by atoms with Gasteiger partial charge >= 0.3 is 0 Å². The molecule has 0 bridgehead atoms. The molecule has 1 unspecified atom stereocenters. The zero-order valence-corrected chi connectivity index (χ0v) is 12.8. The Morgan fingerprint density at radius 2 is 1.68 bits per heavy atom. The Labute approximate surface area is 118 Å². The van der Waals surface area contributed by atoms with Gasteiger partial charge < -0.3 is 15.0 Å². The Morgan fingerprint density at radius 3 is 2.21 bits per heavy atom. The Balaban J connectivity index is 2.35. The maximum absolute atomic E-state index is 5.11. The molecule has 0 spiro atoms. The van der Waals surface area contributed by atoms with Crippen molar-refractivity contribution in [1.29, 1.82) is 0 Å². The molecule has 1 rings (SSSR count). The van der Waals surface area contributed by atoms with Gasteiger partial charge in [0.25, 0.3) is 0 Å². The van der Waals surface area contributed by atoms with Crippen LogP contribution < -0.4 is 5.32 Å². The van der Waals surface area contributed by atoms with E-state index in [2.05, 4.69) is 55.3 Å². The fourth-order valence-electron chi connectivity index (χ4n) is 2.15. The summed E-state index contributed by atoms with van der Waals surface area (Å²) in [5.74, 6) is 0. The molecule has 0 amide bonds. The quantitative estimate of drug-likeness (QED) is 0.742. The van der Waals surface area contributed by atoms with Gasteiger partial charge in [0, 0.05) is 26.2 Å². The third-order valence-corrected chi connectivity index (χ3v) is 3.42. The SMILES string of the molecule is CCN(CC)CC(C)NCc1ccc(COC)cc1. The van der Waals surface area contributed by atoms with E-state index in [1.54, 1.807) is 7.11 Å². The lowest BCUT2D eigenvalue weighted by Gasteiger charge is -2.23. The van der Waals surface area contributed by atoms with Crippen molar-refractivity contribution in [3.05, 3.63) is 35.4 Å². The molecule has 0 saturated heterocycles. The van der Waals surface area contributed by atoms with E-state index in [0.717, 1.165) is 26.2 Å². The second-order valence-corrected chi connectivity index (χ2v) is 5.02. The molecule has 0 aliphatic heterocycles. The minimum absolute atomic E-state index is 0.513. The van der Waals surface area contributed by atoms with Crippen LogP contribution in [-0.4, -0.2) is 37.7 Å². The summed E-state index contributed by atoms with van der Waals surface area (Å²) >= 11 is 0. The van der Waals surface area contributed by atoms with Gasteiger partial charge in [-0.15, -0.1) is 0 Å². The highest BCUT2D eigenvalue weighted by molar-refractivity contribution is 5.21. The predicted molar refractivity (Wildman–Crippen MR) is 81.2 cm³/mol. The van der Waals surface area contributed by atoms with E-state index < -0.39 is 0 Å². The van der Waals surface area contributed by atoms with Crippen molar-refractivity contribution >= 4 is 0 Å². The molecular formula is C16H28N2O. The van der Waals surface area contributed by atoms with Crippen LogP contribution in [0.1, 0.15) is 31.9 Å². The number of likely N-dealkylation sites (N-methyl/N-ethyl adjacent to an activating group) is 1. The van der Waals surface area contributed by atoms with Crippen molar-refractivity contribution in [1.82, 2.24) is 10.2 Å². The average molecular weight is 264 g/mol. The minimum atomic E-state index is 0.513. The van der Waals surface area contributed by atoms with Crippen molar-refractivity contribution in [2.24, 2.45) is 0 Å². The van der Waals surface area contributed by atoms with E-state index >= 15 is 0 Å².